The minimum Gasteiger partial charge on any atom is -0.444 e. The van der Waals surface area contributed by atoms with Gasteiger partial charge in [0.1, 0.15) is 11.4 Å². The molecule has 1 atom stereocenters. The highest BCUT2D eigenvalue weighted by Crippen LogP contribution is 2.36. The molecule has 7 nitrogen and oxygen atoms in total. The molecule has 33 heavy (non-hydrogen) atoms. The Morgan fingerprint density at radius 3 is 2.30 bits per heavy atom. The molecule has 1 aromatic carbocycles. The zero-order valence-corrected chi connectivity index (χ0v) is 21.0. The lowest BCUT2D eigenvalue weighted by atomic mass is 9.75. The van der Waals surface area contributed by atoms with Gasteiger partial charge in [0.2, 0.25) is 5.91 Å². The number of nitrogens with zero attached hydrogens (tertiary/aromatic N) is 2. The third-order valence-corrected chi connectivity index (χ3v) is 6.56. The molecule has 0 unspecified atom stereocenters. The molecule has 3 rings (SSSR count). The van der Waals surface area contributed by atoms with Crippen LogP contribution < -0.4 is 5.46 Å². The highest BCUT2D eigenvalue weighted by atomic mass is 19.1. The minimum atomic E-state index is -0.753. The molecule has 9 heteroatoms. The third-order valence-electron chi connectivity index (χ3n) is 6.56. The molecule has 182 valence electrons. The summed E-state index contributed by atoms with van der Waals surface area (Å²) in [4.78, 5) is 29.0. The predicted octanol–water partition coefficient (Wildman–Crippen LogP) is 3.14. The smallest absolute Gasteiger partial charge is 0.444 e. The Morgan fingerprint density at radius 2 is 1.76 bits per heavy atom. The molecular formula is C24H36BFN2O5. The molecule has 1 aromatic rings. The molecule has 0 bridgehead atoms. The number of ether oxygens (including phenoxy) is 1. The molecule has 0 spiro atoms. The van der Waals surface area contributed by atoms with E-state index in [2.05, 4.69) is 0 Å². The molecule has 2 heterocycles. The first kappa shape index (κ1) is 25.5. The van der Waals surface area contributed by atoms with Crippen LogP contribution in [0.25, 0.3) is 0 Å². The van der Waals surface area contributed by atoms with E-state index < -0.39 is 29.7 Å². The summed E-state index contributed by atoms with van der Waals surface area (Å²) in [5, 5.41) is 0. The van der Waals surface area contributed by atoms with E-state index in [0.717, 1.165) is 0 Å². The predicted molar refractivity (Wildman–Crippen MR) is 125 cm³/mol. The average Bonchev–Trinajstić information content (AvgIpc) is 2.88. The summed E-state index contributed by atoms with van der Waals surface area (Å²) in [7, 11) is -0.753. The standard InChI is InChI=1S/C24H36BFN2O5/c1-16-15-27(11-12-28(16)21(30)31-22(2,3)4)20(29)13-17-9-10-18(26)14-19(17)25-32-23(5,6)24(7,8)33-25/h9-10,14,16H,11-13,15H2,1-8H3/t16-/m1/s1. The number of benzene rings is 1. The van der Waals surface area contributed by atoms with Crippen molar-refractivity contribution >= 4 is 24.6 Å². The summed E-state index contributed by atoms with van der Waals surface area (Å²) in [5.74, 6) is -0.495. The van der Waals surface area contributed by atoms with Crippen molar-refractivity contribution in [3.05, 3.63) is 29.6 Å². The van der Waals surface area contributed by atoms with Crippen LogP contribution in [-0.2, 0) is 25.3 Å². The Bertz CT molecular complexity index is 899. The largest absolute Gasteiger partial charge is 0.495 e. The van der Waals surface area contributed by atoms with Crippen molar-refractivity contribution in [2.45, 2.75) is 84.7 Å². The second kappa shape index (κ2) is 8.91. The fourth-order valence-electron chi connectivity index (χ4n) is 3.97. The van der Waals surface area contributed by atoms with Crippen molar-refractivity contribution in [1.82, 2.24) is 9.80 Å². The number of rotatable bonds is 3. The number of halogens is 1. The van der Waals surface area contributed by atoms with Gasteiger partial charge in [0, 0.05) is 25.7 Å². The molecule has 0 aliphatic carbocycles. The van der Waals surface area contributed by atoms with E-state index in [1.165, 1.54) is 12.1 Å². The number of amides is 2. The maximum atomic E-state index is 14.1. The van der Waals surface area contributed by atoms with E-state index >= 15 is 0 Å². The van der Waals surface area contributed by atoms with Crippen molar-refractivity contribution in [2.75, 3.05) is 19.6 Å². The van der Waals surface area contributed by atoms with Crippen LogP contribution in [0.1, 0.15) is 61.0 Å². The van der Waals surface area contributed by atoms with Gasteiger partial charge in [0.25, 0.3) is 0 Å². The van der Waals surface area contributed by atoms with E-state index in [9.17, 15) is 14.0 Å². The molecule has 2 fully saturated rings. The van der Waals surface area contributed by atoms with Crippen LogP contribution in [0.15, 0.2) is 18.2 Å². The van der Waals surface area contributed by atoms with E-state index in [1.807, 2.05) is 55.4 Å². The average molecular weight is 462 g/mol. The highest BCUT2D eigenvalue weighted by Gasteiger charge is 2.52. The molecule has 2 aliphatic heterocycles. The van der Waals surface area contributed by atoms with Gasteiger partial charge in [-0.25, -0.2) is 9.18 Å². The van der Waals surface area contributed by atoms with E-state index in [1.54, 1.807) is 15.9 Å². The molecule has 2 aliphatic rings. The lowest BCUT2D eigenvalue weighted by Gasteiger charge is -2.40. The Balaban J connectivity index is 1.70. The Labute approximate surface area is 196 Å². The molecule has 0 N–H and O–H groups in total. The molecule has 0 radical (unpaired) electrons. The first-order valence-electron chi connectivity index (χ1n) is 11.5. The number of carbonyl (C=O) groups excluding carboxylic acids is 2. The van der Waals surface area contributed by atoms with Crippen LogP contribution in [0.3, 0.4) is 0 Å². The Kier molecular flexibility index (Phi) is 6.88. The van der Waals surface area contributed by atoms with Crippen LogP contribution in [0, 0.1) is 5.82 Å². The van der Waals surface area contributed by atoms with Gasteiger partial charge in [-0.05, 0) is 78.5 Å². The van der Waals surface area contributed by atoms with Gasteiger partial charge >= 0.3 is 13.2 Å². The normalized spacial score (nSPS) is 22.5. The quantitative estimate of drug-likeness (QED) is 0.646. The summed E-state index contributed by atoms with van der Waals surface area (Å²) in [6, 6.07) is 4.18. The van der Waals surface area contributed by atoms with Crippen molar-refractivity contribution in [1.29, 1.82) is 0 Å². The molecule has 2 saturated heterocycles. The lowest BCUT2D eigenvalue weighted by molar-refractivity contribution is -0.133. The molecular weight excluding hydrogens is 426 g/mol. The maximum Gasteiger partial charge on any atom is 0.495 e. The third kappa shape index (κ3) is 5.69. The first-order chi connectivity index (χ1) is 15.1. The van der Waals surface area contributed by atoms with Crippen molar-refractivity contribution in [2.24, 2.45) is 0 Å². The van der Waals surface area contributed by atoms with Gasteiger partial charge in [0.05, 0.1) is 17.6 Å². The zero-order valence-electron chi connectivity index (χ0n) is 21.0. The van der Waals surface area contributed by atoms with E-state index in [4.69, 9.17) is 14.0 Å². The van der Waals surface area contributed by atoms with Gasteiger partial charge in [-0.2, -0.15) is 0 Å². The summed E-state index contributed by atoms with van der Waals surface area (Å²) >= 11 is 0. The van der Waals surface area contributed by atoms with Gasteiger partial charge in [-0.15, -0.1) is 0 Å². The molecule has 2 amide bonds. The number of hydrogen-bond acceptors (Lipinski definition) is 5. The number of hydrogen-bond donors (Lipinski definition) is 0. The van der Waals surface area contributed by atoms with E-state index in [0.29, 0.717) is 30.7 Å². The summed E-state index contributed by atoms with van der Waals surface area (Å²) in [5.41, 5.74) is -0.516. The summed E-state index contributed by atoms with van der Waals surface area (Å²) in [6.45, 7) is 16.3. The highest BCUT2D eigenvalue weighted by molar-refractivity contribution is 6.62. The molecule has 0 saturated carbocycles. The van der Waals surface area contributed by atoms with Crippen LogP contribution in [0.4, 0.5) is 9.18 Å². The minimum absolute atomic E-state index is 0.0879. The van der Waals surface area contributed by atoms with Gasteiger partial charge in [-0.3, -0.25) is 4.79 Å². The zero-order chi connectivity index (χ0) is 24.8. The second-order valence-corrected chi connectivity index (χ2v) is 11.0. The van der Waals surface area contributed by atoms with Crippen LogP contribution >= 0.6 is 0 Å². The Morgan fingerprint density at radius 1 is 1.15 bits per heavy atom. The van der Waals surface area contributed by atoms with Crippen LogP contribution in [-0.4, -0.2) is 71.4 Å². The van der Waals surface area contributed by atoms with Crippen molar-refractivity contribution in [3.8, 4) is 0 Å². The van der Waals surface area contributed by atoms with Crippen molar-refractivity contribution < 1.29 is 28.0 Å². The SMILES string of the molecule is C[C@@H]1CN(C(=O)Cc2ccc(F)cc2B2OC(C)(C)C(C)(C)O2)CCN1C(=O)OC(C)(C)C. The lowest BCUT2D eigenvalue weighted by Crippen LogP contribution is -2.56. The Hall–Kier alpha value is -2.13. The second-order valence-electron chi connectivity index (χ2n) is 11.0. The van der Waals surface area contributed by atoms with Crippen molar-refractivity contribution in [3.63, 3.8) is 0 Å². The summed E-state index contributed by atoms with van der Waals surface area (Å²) in [6.07, 6.45) is -0.276. The fraction of sp³-hybridized carbons (Fsp3) is 0.667. The van der Waals surface area contributed by atoms with Gasteiger partial charge in [0.15, 0.2) is 0 Å². The first-order valence-corrected chi connectivity index (χ1v) is 11.5. The van der Waals surface area contributed by atoms with E-state index in [-0.39, 0.29) is 24.5 Å². The molecule has 0 aromatic heterocycles. The number of carbonyl (C=O) groups is 2. The fourth-order valence-corrected chi connectivity index (χ4v) is 3.97. The van der Waals surface area contributed by atoms with Crippen LogP contribution in [0.5, 0.6) is 0 Å². The maximum absolute atomic E-state index is 14.1. The van der Waals surface area contributed by atoms with Gasteiger partial charge in [-0.1, -0.05) is 6.07 Å². The van der Waals surface area contributed by atoms with Crippen LogP contribution in [0.2, 0.25) is 0 Å². The number of piperazine rings is 1. The van der Waals surface area contributed by atoms with Gasteiger partial charge < -0.3 is 23.8 Å². The topological polar surface area (TPSA) is 68.3 Å². The summed E-state index contributed by atoms with van der Waals surface area (Å²) < 4.78 is 31.8. The monoisotopic (exact) mass is 462 g/mol.